The van der Waals surface area contributed by atoms with Gasteiger partial charge in [-0.2, -0.15) is 0 Å². The van der Waals surface area contributed by atoms with Crippen LogP contribution in [0.15, 0.2) is 18.2 Å². The van der Waals surface area contributed by atoms with Gasteiger partial charge in [-0.3, -0.25) is 19.7 Å². The molecule has 1 aliphatic rings. The van der Waals surface area contributed by atoms with Crippen molar-refractivity contribution in [1.29, 1.82) is 0 Å². The molecule has 2 unspecified atom stereocenters. The number of β-amino-alcohol motifs (C(OH)–C–C–N with tert-alkyl or cyclic N) is 1. The highest BCUT2D eigenvalue weighted by Crippen LogP contribution is 2.27. The predicted octanol–water partition coefficient (Wildman–Crippen LogP) is 0.309. The lowest BCUT2D eigenvalue weighted by molar-refractivity contribution is -0.385. The summed E-state index contributed by atoms with van der Waals surface area (Å²) in [4.78, 5) is 35.1. The molecule has 3 N–H and O–H groups in total. The SMILES string of the molecule is NC(=O)C1CC(O)CN1C(=O)c1cc(Cl)ccc1[N+](=O)[O-]. The molecule has 0 saturated carbocycles. The van der Waals surface area contributed by atoms with Crippen molar-refractivity contribution in [2.45, 2.75) is 18.6 Å². The monoisotopic (exact) mass is 313 g/mol. The second-order valence-corrected chi connectivity index (χ2v) is 5.12. The molecule has 1 saturated heterocycles. The van der Waals surface area contributed by atoms with Crippen LogP contribution in [0.3, 0.4) is 0 Å². The van der Waals surface area contributed by atoms with E-state index >= 15 is 0 Å². The Labute approximate surface area is 124 Å². The molecule has 9 heteroatoms. The van der Waals surface area contributed by atoms with E-state index in [9.17, 15) is 24.8 Å². The lowest BCUT2D eigenvalue weighted by atomic mass is 10.1. The van der Waals surface area contributed by atoms with Gasteiger partial charge in [0.2, 0.25) is 5.91 Å². The van der Waals surface area contributed by atoms with Crippen LogP contribution in [0.25, 0.3) is 0 Å². The molecule has 1 aromatic rings. The summed E-state index contributed by atoms with van der Waals surface area (Å²) < 4.78 is 0. The molecular weight excluding hydrogens is 302 g/mol. The van der Waals surface area contributed by atoms with E-state index in [1.54, 1.807) is 0 Å². The lowest BCUT2D eigenvalue weighted by Gasteiger charge is -2.21. The largest absolute Gasteiger partial charge is 0.391 e. The van der Waals surface area contributed by atoms with Crippen molar-refractivity contribution in [2.75, 3.05) is 6.54 Å². The lowest BCUT2D eigenvalue weighted by Crippen LogP contribution is -2.43. The van der Waals surface area contributed by atoms with E-state index in [0.29, 0.717) is 0 Å². The number of carbonyl (C=O) groups is 2. The number of aliphatic hydroxyl groups is 1. The topological polar surface area (TPSA) is 127 Å². The number of hydrogen-bond acceptors (Lipinski definition) is 5. The average molecular weight is 314 g/mol. The van der Waals surface area contributed by atoms with Crippen LogP contribution < -0.4 is 5.73 Å². The van der Waals surface area contributed by atoms with Gasteiger partial charge in [0.05, 0.1) is 11.0 Å². The number of halogens is 1. The molecule has 1 heterocycles. The zero-order valence-electron chi connectivity index (χ0n) is 10.7. The summed E-state index contributed by atoms with van der Waals surface area (Å²) in [6.45, 7) is -0.115. The van der Waals surface area contributed by atoms with E-state index in [-0.39, 0.29) is 23.6 Å². The maximum absolute atomic E-state index is 12.4. The quantitative estimate of drug-likeness (QED) is 0.613. The van der Waals surface area contributed by atoms with E-state index in [1.165, 1.54) is 6.07 Å². The number of nitrogens with zero attached hydrogens (tertiary/aromatic N) is 2. The molecule has 1 aliphatic heterocycles. The minimum atomic E-state index is -0.994. The molecule has 21 heavy (non-hydrogen) atoms. The fourth-order valence-corrected chi connectivity index (χ4v) is 2.47. The van der Waals surface area contributed by atoms with Crippen LogP contribution in [0, 0.1) is 10.1 Å². The van der Waals surface area contributed by atoms with Gasteiger partial charge in [-0.25, -0.2) is 0 Å². The number of hydrogen-bond donors (Lipinski definition) is 2. The van der Waals surface area contributed by atoms with E-state index in [0.717, 1.165) is 17.0 Å². The number of rotatable bonds is 3. The highest BCUT2D eigenvalue weighted by atomic mass is 35.5. The van der Waals surface area contributed by atoms with Crippen LogP contribution in [-0.4, -0.2) is 45.4 Å². The first kappa shape index (κ1) is 15.2. The average Bonchev–Trinajstić information content (AvgIpc) is 2.79. The maximum Gasteiger partial charge on any atom is 0.282 e. The van der Waals surface area contributed by atoms with Crippen LogP contribution in [-0.2, 0) is 4.79 Å². The van der Waals surface area contributed by atoms with Crippen molar-refractivity contribution in [1.82, 2.24) is 4.90 Å². The molecule has 2 amide bonds. The molecule has 0 spiro atoms. The third-order valence-electron chi connectivity index (χ3n) is 3.25. The van der Waals surface area contributed by atoms with Crippen LogP contribution in [0.1, 0.15) is 16.8 Å². The number of primary amides is 1. The first-order chi connectivity index (χ1) is 9.81. The number of aliphatic hydroxyl groups excluding tert-OH is 1. The van der Waals surface area contributed by atoms with Crippen LogP contribution in [0.5, 0.6) is 0 Å². The van der Waals surface area contributed by atoms with Crippen molar-refractivity contribution >= 4 is 29.1 Å². The Morgan fingerprint density at radius 2 is 2.14 bits per heavy atom. The smallest absolute Gasteiger partial charge is 0.282 e. The summed E-state index contributed by atoms with van der Waals surface area (Å²) in [5.74, 6) is -1.53. The molecule has 0 aromatic heterocycles. The molecular formula is C12H12ClN3O5. The van der Waals surface area contributed by atoms with Gasteiger partial charge >= 0.3 is 0 Å². The third kappa shape index (κ3) is 2.96. The Morgan fingerprint density at radius 1 is 1.48 bits per heavy atom. The van der Waals surface area contributed by atoms with Crippen LogP contribution >= 0.6 is 11.6 Å². The molecule has 2 atom stereocenters. The number of benzene rings is 1. The van der Waals surface area contributed by atoms with E-state index in [4.69, 9.17) is 17.3 Å². The van der Waals surface area contributed by atoms with Crippen molar-refractivity contribution < 1.29 is 19.6 Å². The second-order valence-electron chi connectivity index (χ2n) is 4.68. The Kier molecular flexibility index (Phi) is 4.10. The summed E-state index contributed by atoms with van der Waals surface area (Å²) in [6, 6.07) is 2.57. The summed E-state index contributed by atoms with van der Waals surface area (Å²) >= 11 is 5.77. The molecule has 0 aliphatic carbocycles. The maximum atomic E-state index is 12.4. The fourth-order valence-electron chi connectivity index (χ4n) is 2.30. The standard InChI is InChI=1S/C12H12ClN3O5/c13-6-1-2-9(16(20)21)8(3-6)12(19)15-5-7(17)4-10(15)11(14)18/h1-3,7,10,17H,4-5H2,(H2,14,18). The first-order valence-electron chi connectivity index (χ1n) is 6.03. The number of likely N-dealkylation sites (tertiary alicyclic amines) is 1. The van der Waals surface area contributed by atoms with Gasteiger partial charge in [0, 0.05) is 24.1 Å². The van der Waals surface area contributed by atoms with Crippen LogP contribution in [0.4, 0.5) is 5.69 Å². The number of carbonyl (C=O) groups excluding carboxylic acids is 2. The zero-order valence-corrected chi connectivity index (χ0v) is 11.5. The third-order valence-corrected chi connectivity index (χ3v) is 3.49. The Hall–Kier alpha value is -2.19. The number of nitro benzene ring substituents is 1. The molecule has 1 fully saturated rings. The normalized spacial score (nSPS) is 21.3. The Balaban J connectivity index is 2.42. The Morgan fingerprint density at radius 3 is 2.71 bits per heavy atom. The highest BCUT2D eigenvalue weighted by molar-refractivity contribution is 6.31. The molecule has 1 aromatic carbocycles. The highest BCUT2D eigenvalue weighted by Gasteiger charge is 2.39. The first-order valence-corrected chi connectivity index (χ1v) is 6.41. The van der Waals surface area contributed by atoms with Crippen molar-refractivity contribution in [3.05, 3.63) is 38.9 Å². The molecule has 8 nitrogen and oxygen atoms in total. The van der Waals surface area contributed by atoms with Gasteiger partial charge in [-0.05, 0) is 12.1 Å². The summed E-state index contributed by atoms with van der Waals surface area (Å²) in [5, 5.41) is 20.7. The number of nitro groups is 1. The predicted molar refractivity (Wildman–Crippen MR) is 72.7 cm³/mol. The van der Waals surface area contributed by atoms with Gasteiger partial charge < -0.3 is 15.7 Å². The summed E-state index contributed by atoms with van der Waals surface area (Å²) in [5.41, 5.74) is 4.53. The van der Waals surface area contributed by atoms with Crippen molar-refractivity contribution in [2.24, 2.45) is 5.73 Å². The summed E-state index contributed by atoms with van der Waals surface area (Å²) in [7, 11) is 0. The fraction of sp³-hybridized carbons (Fsp3) is 0.333. The van der Waals surface area contributed by atoms with Crippen molar-refractivity contribution in [3.63, 3.8) is 0 Å². The van der Waals surface area contributed by atoms with Crippen LogP contribution in [0.2, 0.25) is 5.02 Å². The summed E-state index contributed by atoms with van der Waals surface area (Å²) in [6.07, 6.45) is -0.889. The molecule has 2 rings (SSSR count). The minimum Gasteiger partial charge on any atom is -0.391 e. The van der Waals surface area contributed by atoms with Gasteiger partial charge in [0.25, 0.3) is 11.6 Å². The van der Waals surface area contributed by atoms with Crippen molar-refractivity contribution in [3.8, 4) is 0 Å². The number of nitrogens with two attached hydrogens (primary N) is 1. The zero-order chi connectivity index (χ0) is 15.7. The van der Waals surface area contributed by atoms with E-state index in [2.05, 4.69) is 0 Å². The van der Waals surface area contributed by atoms with Gasteiger partial charge in [0.1, 0.15) is 11.6 Å². The van der Waals surface area contributed by atoms with Gasteiger partial charge in [-0.15, -0.1) is 0 Å². The second kappa shape index (κ2) is 5.66. The van der Waals surface area contributed by atoms with E-state index in [1.807, 2.05) is 0 Å². The van der Waals surface area contributed by atoms with Gasteiger partial charge in [0.15, 0.2) is 0 Å². The van der Waals surface area contributed by atoms with Gasteiger partial charge in [-0.1, -0.05) is 11.6 Å². The minimum absolute atomic E-state index is 0.00936. The Bertz CT molecular complexity index is 621. The molecule has 0 bridgehead atoms. The molecule has 112 valence electrons. The van der Waals surface area contributed by atoms with E-state index < -0.39 is 34.6 Å². The number of amides is 2. The molecule has 0 radical (unpaired) electrons.